The van der Waals surface area contributed by atoms with Crippen LogP contribution in [0.5, 0.6) is 0 Å². The molecule has 0 unspecified atom stereocenters. The van der Waals surface area contributed by atoms with Crippen molar-refractivity contribution < 1.29 is 19.8 Å². The van der Waals surface area contributed by atoms with E-state index in [-0.39, 0.29) is 18.8 Å². The highest BCUT2D eigenvalue weighted by molar-refractivity contribution is 5.98. The lowest BCUT2D eigenvalue weighted by Gasteiger charge is -2.34. The van der Waals surface area contributed by atoms with Gasteiger partial charge in [0.05, 0.1) is 0 Å². The van der Waals surface area contributed by atoms with Crippen molar-refractivity contribution in [3.8, 4) is 11.3 Å². The Balaban J connectivity index is 1.77. The van der Waals surface area contributed by atoms with E-state index < -0.39 is 17.4 Å². The van der Waals surface area contributed by atoms with Crippen LogP contribution in [0.1, 0.15) is 37.2 Å². The van der Waals surface area contributed by atoms with Gasteiger partial charge in [-0.05, 0) is 48.8 Å². The fourth-order valence-electron chi connectivity index (χ4n) is 4.34. The molecule has 1 aliphatic carbocycles. The molecule has 1 heterocycles. The van der Waals surface area contributed by atoms with Crippen LogP contribution in [0.2, 0.25) is 0 Å². The van der Waals surface area contributed by atoms with E-state index in [9.17, 15) is 19.8 Å². The van der Waals surface area contributed by atoms with Crippen molar-refractivity contribution in [1.82, 2.24) is 4.98 Å². The van der Waals surface area contributed by atoms with Crippen molar-refractivity contribution in [3.63, 3.8) is 0 Å². The van der Waals surface area contributed by atoms with Gasteiger partial charge in [0.25, 0.3) is 0 Å². The Kier molecular flexibility index (Phi) is 4.22. The molecule has 0 amide bonds. The Morgan fingerprint density at radius 2 is 1.48 bits per heavy atom. The summed E-state index contributed by atoms with van der Waals surface area (Å²) in [5, 5.41) is 20.1. The van der Waals surface area contributed by atoms with Crippen LogP contribution in [0, 0.1) is 5.41 Å². The van der Waals surface area contributed by atoms with Crippen LogP contribution in [0.15, 0.2) is 54.6 Å². The zero-order valence-electron chi connectivity index (χ0n) is 14.8. The number of aliphatic carboxylic acids is 2. The second-order valence-electron chi connectivity index (χ2n) is 7.29. The molecular weight excluding hydrogens is 342 g/mol. The molecule has 0 saturated heterocycles. The predicted octanol–water partition coefficient (Wildman–Crippen LogP) is 4.65. The zero-order chi connectivity index (χ0) is 19.0. The molecule has 1 fully saturated rings. The molecule has 1 saturated carbocycles. The number of carboxylic acid groups (broad SMARTS) is 2. The van der Waals surface area contributed by atoms with Crippen molar-refractivity contribution in [3.05, 3.63) is 60.2 Å². The summed E-state index contributed by atoms with van der Waals surface area (Å²) in [6.45, 7) is 0. The fourth-order valence-corrected chi connectivity index (χ4v) is 4.34. The maximum Gasteiger partial charge on any atom is 0.321 e. The van der Waals surface area contributed by atoms with Crippen LogP contribution < -0.4 is 0 Å². The lowest BCUT2D eigenvalue weighted by Crippen LogP contribution is -2.42. The largest absolute Gasteiger partial charge is 0.480 e. The van der Waals surface area contributed by atoms with Gasteiger partial charge >= 0.3 is 11.9 Å². The number of H-pyrrole nitrogens is 1. The van der Waals surface area contributed by atoms with E-state index in [0.29, 0.717) is 12.8 Å². The maximum absolute atomic E-state index is 11.6. The summed E-state index contributed by atoms with van der Waals surface area (Å²) in [5.41, 5.74) is 2.67. The van der Waals surface area contributed by atoms with Gasteiger partial charge in [0.15, 0.2) is 5.41 Å². The Hall–Kier alpha value is -3.08. The topological polar surface area (TPSA) is 90.4 Å². The van der Waals surface area contributed by atoms with Gasteiger partial charge in [0.2, 0.25) is 0 Å². The number of hydrogen-bond acceptors (Lipinski definition) is 2. The average Bonchev–Trinajstić information content (AvgIpc) is 3.08. The van der Waals surface area contributed by atoms with Crippen molar-refractivity contribution in [2.24, 2.45) is 5.41 Å². The van der Waals surface area contributed by atoms with Crippen LogP contribution in [0.3, 0.4) is 0 Å². The first-order valence-corrected chi connectivity index (χ1v) is 9.16. The standard InChI is InChI=1S/C22H21NO4/c24-20(25)22(21(26)27)12-10-14(11-13-22)18-16-8-4-5-9-17(16)23-19(18)15-6-2-1-3-7-15/h1-9,14,23H,10-13H2,(H,24,25)(H,26,27). The number of hydrogen-bond donors (Lipinski definition) is 3. The van der Waals surface area contributed by atoms with Crippen LogP contribution in [-0.2, 0) is 9.59 Å². The molecule has 4 rings (SSSR count). The Bertz CT molecular complexity index is 982. The Morgan fingerprint density at radius 1 is 0.889 bits per heavy atom. The molecule has 27 heavy (non-hydrogen) atoms. The molecule has 0 spiro atoms. The highest BCUT2D eigenvalue weighted by Gasteiger charge is 2.49. The lowest BCUT2D eigenvalue weighted by atomic mass is 9.68. The number of carbonyl (C=O) groups is 2. The lowest BCUT2D eigenvalue weighted by molar-refractivity contribution is -0.167. The first kappa shape index (κ1) is 17.3. The summed E-state index contributed by atoms with van der Waals surface area (Å²) in [4.78, 5) is 26.8. The number of aromatic nitrogens is 1. The molecule has 3 aromatic rings. The highest BCUT2D eigenvalue weighted by Crippen LogP contribution is 2.47. The number of carboxylic acids is 2. The molecule has 138 valence electrons. The van der Waals surface area contributed by atoms with E-state index in [1.807, 2.05) is 36.4 Å². The molecular formula is C22H21NO4. The van der Waals surface area contributed by atoms with Crippen molar-refractivity contribution in [2.75, 3.05) is 0 Å². The first-order chi connectivity index (χ1) is 13.0. The summed E-state index contributed by atoms with van der Waals surface area (Å²) in [6, 6.07) is 18.1. The van der Waals surface area contributed by atoms with Gasteiger partial charge in [-0.1, -0.05) is 48.5 Å². The molecule has 0 atom stereocenters. The van der Waals surface area contributed by atoms with Crippen molar-refractivity contribution in [2.45, 2.75) is 31.6 Å². The second kappa shape index (κ2) is 6.58. The van der Waals surface area contributed by atoms with Crippen molar-refractivity contribution in [1.29, 1.82) is 0 Å². The molecule has 1 aliphatic rings. The minimum Gasteiger partial charge on any atom is -0.480 e. The normalized spacial score (nSPS) is 17.0. The number of fused-ring (bicyclic) bond motifs is 1. The molecule has 3 N–H and O–H groups in total. The van der Waals surface area contributed by atoms with Crippen LogP contribution in [0.25, 0.3) is 22.2 Å². The van der Waals surface area contributed by atoms with E-state index in [4.69, 9.17) is 0 Å². The van der Waals surface area contributed by atoms with Crippen LogP contribution >= 0.6 is 0 Å². The maximum atomic E-state index is 11.6. The van der Waals surface area contributed by atoms with E-state index in [1.54, 1.807) is 0 Å². The van der Waals surface area contributed by atoms with Gasteiger partial charge in [0, 0.05) is 16.6 Å². The predicted molar refractivity (Wildman–Crippen MR) is 103 cm³/mol. The van der Waals surface area contributed by atoms with Gasteiger partial charge in [0.1, 0.15) is 0 Å². The zero-order valence-corrected chi connectivity index (χ0v) is 14.8. The molecule has 5 heteroatoms. The van der Waals surface area contributed by atoms with Crippen LogP contribution in [0.4, 0.5) is 0 Å². The third-order valence-corrected chi connectivity index (χ3v) is 5.87. The van der Waals surface area contributed by atoms with E-state index in [2.05, 4.69) is 23.2 Å². The highest BCUT2D eigenvalue weighted by atomic mass is 16.4. The van der Waals surface area contributed by atoms with Gasteiger partial charge in [-0.3, -0.25) is 9.59 Å². The number of nitrogens with one attached hydrogen (secondary N) is 1. The van der Waals surface area contributed by atoms with Gasteiger partial charge in [-0.2, -0.15) is 0 Å². The van der Waals surface area contributed by atoms with E-state index in [1.165, 1.54) is 5.56 Å². The number of benzene rings is 2. The molecule has 1 aromatic heterocycles. The summed E-state index contributed by atoms with van der Waals surface area (Å²) >= 11 is 0. The Labute approximate surface area is 156 Å². The quantitative estimate of drug-likeness (QED) is 0.589. The van der Waals surface area contributed by atoms with Gasteiger partial charge in [-0.15, -0.1) is 0 Å². The third kappa shape index (κ3) is 2.79. The Morgan fingerprint density at radius 3 is 2.11 bits per heavy atom. The summed E-state index contributed by atoms with van der Waals surface area (Å²) in [7, 11) is 0. The minimum atomic E-state index is -1.66. The smallest absolute Gasteiger partial charge is 0.321 e. The molecule has 0 aliphatic heterocycles. The number of para-hydroxylation sites is 1. The number of aromatic amines is 1. The fraction of sp³-hybridized carbons (Fsp3) is 0.273. The van der Waals surface area contributed by atoms with E-state index >= 15 is 0 Å². The SMILES string of the molecule is O=C(O)C1(C(=O)O)CCC(c2c(-c3ccccc3)[nH]c3ccccc23)CC1. The molecule has 0 bridgehead atoms. The summed E-state index contributed by atoms with van der Waals surface area (Å²) in [5.74, 6) is -2.32. The monoisotopic (exact) mass is 363 g/mol. The third-order valence-electron chi connectivity index (χ3n) is 5.87. The van der Waals surface area contributed by atoms with Crippen molar-refractivity contribution >= 4 is 22.8 Å². The molecule has 5 nitrogen and oxygen atoms in total. The first-order valence-electron chi connectivity index (χ1n) is 9.16. The number of rotatable bonds is 4. The van der Waals surface area contributed by atoms with Crippen LogP contribution in [-0.4, -0.2) is 27.1 Å². The van der Waals surface area contributed by atoms with E-state index in [0.717, 1.165) is 22.2 Å². The summed E-state index contributed by atoms with van der Waals surface area (Å²) in [6.07, 6.45) is 1.38. The molecule has 2 aromatic carbocycles. The second-order valence-corrected chi connectivity index (χ2v) is 7.29. The van der Waals surface area contributed by atoms with Gasteiger partial charge in [-0.25, -0.2) is 0 Å². The summed E-state index contributed by atoms with van der Waals surface area (Å²) < 4.78 is 0. The average molecular weight is 363 g/mol. The minimum absolute atomic E-state index is 0.128. The molecule has 0 radical (unpaired) electrons. The van der Waals surface area contributed by atoms with Gasteiger partial charge < -0.3 is 15.2 Å².